The maximum Gasteiger partial charge on any atom is 0.341 e. The van der Waals surface area contributed by atoms with Crippen LogP contribution in [0.15, 0.2) is 16.6 Å². The summed E-state index contributed by atoms with van der Waals surface area (Å²) >= 11 is 3.22. The normalized spacial score (nSPS) is 15.1. The van der Waals surface area contributed by atoms with Crippen LogP contribution < -0.4 is 0 Å². The summed E-state index contributed by atoms with van der Waals surface area (Å²) in [7, 11) is 1.26. The summed E-state index contributed by atoms with van der Waals surface area (Å²) in [6, 6.07) is 3.09. The molecule has 1 fully saturated rings. The van der Waals surface area contributed by atoms with E-state index >= 15 is 0 Å². The van der Waals surface area contributed by atoms with Crippen LogP contribution in [0.3, 0.4) is 0 Å². The highest BCUT2D eigenvalue weighted by atomic mass is 79.9. The third kappa shape index (κ3) is 2.04. The van der Waals surface area contributed by atoms with E-state index in [-0.39, 0.29) is 5.56 Å². The van der Waals surface area contributed by atoms with Gasteiger partial charge in [-0.1, -0.05) is 15.9 Å². The van der Waals surface area contributed by atoms with Crippen molar-refractivity contribution in [2.45, 2.75) is 18.8 Å². The molecule has 4 heteroatoms. The van der Waals surface area contributed by atoms with Crippen molar-refractivity contribution in [1.82, 2.24) is 0 Å². The fourth-order valence-electron chi connectivity index (χ4n) is 1.63. The molecule has 80 valence electrons. The predicted molar refractivity (Wildman–Crippen MR) is 57.4 cm³/mol. The van der Waals surface area contributed by atoms with Crippen LogP contribution >= 0.6 is 15.9 Å². The third-order valence-corrected chi connectivity index (χ3v) is 2.95. The zero-order chi connectivity index (χ0) is 11.0. The fourth-order valence-corrected chi connectivity index (χ4v) is 2.07. The molecule has 0 atom stereocenters. The van der Waals surface area contributed by atoms with E-state index in [2.05, 4.69) is 20.7 Å². The Morgan fingerprint density at radius 3 is 2.73 bits per heavy atom. The largest absolute Gasteiger partial charge is 0.465 e. The van der Waals surface area contributed by atoms with Crippen LogP contribution in [-0.2, 0) is 4.74 Å². The first kappa shape index (κ1) is 10.6. The molecular formula is C11H10BrFO2. The second-order valence-electron chi connectivity index (χ2n) is 3.62. The highest BCUT2D eigenvalue weighted by Crippen LogP contribution is 2.43. The number of carbonyl (C=O) groups excluding carboxylic acids is 1. The molecule has 0 aliphatic heterocycles. The van der Waals surface area contributed by atoms with Gasteiger partial charge in [0.25, 0.3) is 0 Å². The Balaban J connectivity index is 2.53. The molecule has 0 heterocycles. The van der Waals surface area contributed by atoms with Gasteiger partial charge in [-0.2, -0.15) is 0 Å². The Hall–Kier alpha value is -0.900. The van der Waals surface area contributed by atoms with Gasteiger partial charge in [0.2, 0.25) is 0 Å². The van der Waals surface area contributed by atoms with Crippen molar-refractivity contribution in [3.63, 3.8) is 0 Å². The van der Waals surface area contributed by atoms with E-state index in [0.29, 0.717) is 10.4 Å². The monoisotopic (exact) mass is 272 g/mol. The Bertz CT molecular complexity index is 413. The molecule has 15 heavy (non-hydrogen) atoms. The van der Waals surface area contributed by atoms with Crippen molar-refractivity contribution >= 4 is 21.9 Å². The van der Waals surface area contributed by atoms with E-state index in [1.165, 1.54) is 13.2 Å². The molecule has 0 bridgehead atoms. The van der Waals surface area contributed by atoms with Crippen LogP contribution in [0.2, 0.25) is 0 Å². The van der Waals surface area contributed by atoms with Crippen LogP contribution in [-0.4, -0.2) is 13.1 Å². The van der Waals surface area contributed by atoms with Crippen LogP contribution in [0.5, 0.6) is 0 Å². The maximum absolute atomic E-state index is 13.6. The van der Waals surface area contributed by atoms with Gasteiger partial charge in [0.05, 0.1) is 12.7 Å². The number of hydrogen-bond donors (Lipinski definition) is 0. The highest BCUT2D eigenvalue weighted by Gasteiger charge is 2.30. The average Bonchev–Trinajstić information content (AvgIpc) is 2.98. The van der Waals surface area contributed by atoms with E-state index in [0.717, 1.165) is 18.4 Å². The number of benzene rings is 1. The molecular weight excluding hydrogens is 263 g/mol. The van der Waals surface area contributed by atoms with E-state index < -0.39 is 11.8 Å². The molecule has 0 radical (unpaired) electrons. The van der Waals surface area contributed by atoms with Gasteiger partial charge in [0.1, 0.15) is 5.82 Å². The molecule has 2 nitrogen and oxygen atoms in total. The van der Waals surface area contributed by atoms with Crippen molar-refractivity contribution in [3.8, 4) is 0 Å². The maximum atomic E-state index is 13.6. The molecule has 1 aliphatic carbocycles. The molecule has 0 aromatic heterocycles. The second-order valence-corrected chi connectivity index (χ2v) is 4.53. The molecule has 0 spiro atoms. The van der Waals surface area contributed by atoms with Crippen molar-refractivity contribution in [2.75, 3.05) is 7.11 Å². The quantitative estimate of drug-likeness (QED) is 0.773. The summed E-state index contributed by atoms with van der Waals surface area (Å²) in [5.41, 5.74) is 0.844. The molecule has 1 aromatic rings. The molecule has 1 saturated carbocycles. The smallest absolute Gasteiger partial charge is 0.341 e. The van der Waals surface area contributed by atoms with Crippen molar-refractivity contribution < 1.29 is 13.9 Å². The lowest BCUT2D eigenvalue weighted by Crippen LogP contribution is -2.08. The van der Waals surface area contributed by atoms with Gasteiger partial charge in [-0.3, -0.25) is 0 Å². The first-order chi connectivity index (χ1) is 7.13. The van der Waals surface area contributed by atoms with Crippen LogP contribution in [0.1, 0.15) is 34.7 Å². The molecule has 1 aliphatic rings. The zero-order valence-electron chi connectivity index (χ0n) is 8.22. The van der Waals surface area contributed by atoms with Crippen LogP contribution in [0, 0.1) is 5.82 Å². The van der Waals surface area contributed by atoms with Gasteiger partial charge in [-0.25, -0.2) is 9.18 Å². The molecule has 0 saturated heterocycles. The van der Waals surface area contributed by atoms with Gasteiger partial charge in [-0.05, 0) is 36.5 Å². The number of halogens is 2. The molecule has 2 rings (SSSR count). The SMILES string of the molecule is COC(=O)c1c(F)cc(Br)cc1C1CC1. The molecule has 0 unspecified atom stereocenters. The number of rotatable bonds is 2. The minimum Gasteiger partial charge on any atom is -0.465 e. The first-order valence-electron chi connectivity index (χ1n) is 4.70. The van der Waals surface area contributed by atoms with Crippen molar-refractivity contribution in [3.05, 3.63) is 33.5 Å². The Labute approximate surface area is 95.6 Å². The number of ether oxygens (including phenoxy) is 1. The van der Waals surface area contributed by atoms with Crippen molar-refractivity contribution in [1.29, 1.82) is 0 Å². The number of carbonyl (C=O) groups is 1. The highest BCUT2D eigenvalue weighted by molar-refractivity contribution is 9.10. The predicted octanol–water partition coefficient (Wildman–Crippen LogP) is 3.25. The topological polar surface area (TPSA) is 26.3 Å². The third-order valence-electron chi connectivity index (χ3n) is 2.49. The Morgan fingerprint density at radius 2 is 2.20 bits per heavy atom. The summed E-state index contributed by atoms with van der Waals surface area (Å²) < 4.78 is 18.8. The minimum absolute atomic E-state index is 0.0863. The summed E-state index contributed by atoms with van der Waals surface area (Å²) in [6.07, 6.45) is 2.03. The summed E-state index contributed by atoms with van der Waals surface area (Å²) in [4.78, 5) is 11.4. The van der Waals surface area contributed by atoms with Gasteiger partial charge in [0, 0.05) is 4.47 Å². The fraction of sp³-hybridized carbons (Fsp3) is 0.364. The van der Waals surface area contributed by atoms with Gasteiger partial charge in [0.15, 0.2) is 0 Å². The lowest BCUT2D eigenvalue weighted by atomic mass is 10.0. The lowest BCUT2D eigenvalue weighted by Gasteiger charge is -2.08. The second kappa shape index (κ2) is 3.93. The van der Waals surface area contributed by atoms with Gasteiger partial charge >= 0.3 is 5.97 Å². The van der Waals surface area contributed by atoms with E-state index in [1.54, 1.807) is 6.07 Å². The molecule has 1 aromatic carbocycles. The van der Waals surface area contributed by atoms with Crippen LogP contribution in [0.25, 0.3) is 0 Å². The standard InChI is InChI=1S/C11H10BrFO2/c1-15-11(14)10-8(6-2-3-6)4-7(12)5-9(10)13/h4-6H,2-3H2,1H3. The zero-order valence-corrected chi connectivity index (χ0v) is 9.80. The summed E-state index contributed by atoms with van der Waals surface area (Å²) in [6.45, 7) is 0. The van der Waals surface area contributed by atoms with E-state index in [4.69, 9.17) is 0 Å². The Kier molecular flexibility index (Phi) is 2.78. The average molecular weight is 273 g/mol. The summed E-state index contributed by atoms with van der Waals surface area (Å²) in [5.74, 6) is -0.800. The Morgan fingerprint density at radius 1 is 1.53 bits per heavy atom. The number of esters is 1. The number of hydrogen-bond acceptors (Lipinski definition) is 2. The van der Waals surface area contributed by atoms with E-state index in [9.17, 15) is 9.18 Å². The van der Waals surface area contributed by atoms with E-state index in [1.807, 2.05) is 0 Å². The van der Waals surface area contributed by atoms with Gasteiger partial charge < -0.3 is 4.74 Å². The lowest BCUT2D eigenvalue weighted by molar-refractivity contribution is 0.0594. The molecule has 0 amide bonds. The van der Waals surface area contributed by atoms with Crippen molar-refractivity contribution in [2.24, 2.45) is 0 Å². The number of methoxy groups -OCH3 is 1. The minimum atomic E-state index is -0.595. The summed E-state index contributed by atoms with van der Waals surface area (Å²) in [5, 5.41) is 0. The van der Waals surface area contributed by atoms with Crippen LogP contribution in [0.4, 0.5) is 4.39 Å². The van der Waals surface area contributed by atoms with Gasteiger partial charge in [-0.15, -0.1) is 0 Å². The first-order valence-corrected chi connectivity index (χ1v) is 5.50. The molecule has 0 N–H and O–H groups in total.